The Hall–Kier alpha value is -2.32. The van der Waals surface area contributed by atoms with Gasteiger partial charge in [0.05, 0.1) is 34.6 Å². The summed E-state index contributed by atoms with van der Waals surface area (Å²) in [5.74, 6) is -0.418. The van der Waals surface area contributed by atoms with Crippen LogP contribution in [0, 0.1) is 0 Å². The first kappa shape index (κ1) is 17.0. The average Bonchev–Trinajstić information content (AvgIpc) is 2.60. The van der Waals surface area contributed by atoms with E-state index in [0.717, 1.165) is 0 Å². The van der Waals surface area contributed by atoms with Crippen LogP contribution in [0.15, 0.2) is 47.8 Å². The monoisotopic (exact) mass is 335 g/mol. The van der Waals surface area contributed by atoms with Crippen LogP contribution in [0.5, 0.6) is 0 Å². The third-order valence-electron chi connectivity index (χ3n) is 3.27. The zero-order valence-electron chi connectivity index (χ0n) is 12.5. The first-order chi connectivity index (χ1) is 11.0. The molecule has 23 heavy (non-hydrogen) atoms. The lowest BCUT2D eigenvalue weighted by Gasteiger charge is -2.16. The van der Waals surface area contributed by atoms with Crippen LogP contribution in [0.25, 0.3) is 0 Å². The van der Waals surface area contributed by atoms with Gasteiger partial charge in [-0.15, -0.1) is 0 Å². The summed E-state index contributed by atoms with van der Waals surface area (Å²) in [5, 5.41) is 12.1. The predicted octanol–water partition coefficient (Wildman–Crippen LogP) is 0.734. The van der Waals surface area contributed by atoms with Crippen molar-refractivity contribution in [2.45, 2.75) is 17.9 Å². The molecule has 7 nitrogen and oxygen atoms in total. The van der Waals surface area contributed by atoms with Crippen LogP contribution in [0.3, 0.4) is 0 Å². The first-order valence-electron chi connectivity index (χ1n) is 6.98. The van der Waals surface area contributed by atoms with E-state index in [-0.39, 0.29) is 17.3 Å². The molecule has 0 aliphatic rings. The number of aliphatic hydroxyl groups is 1. The van der Waals surface area contributed by atoms with E-state index in [1.165, 1.54) is 24.5 Å². The molecule has 0 spiro atoms. The highest BCUT2D eigenvalue weighted by Gasteiger charge is 2.18. The molecular formula is C15H17N3O4S. The molecule has 1 atom stereocenters. The third kappa shape index (κ3) is 4.11. The maximum absolute atomic E-state index is 12.1. The Balaban J connectivity index is 2.17. The summed E-state index contributed by atoms with van der Waals surface area (Å²) in [6.07, 6.45) is 4.19. The number of nitrogens with zero attached hydrogens (tertiary/aromatic N) is 2. The lowest BCUT2D eigenvalue weighted by molar-refractivity contribution is 0.0914. The molecule has 1 amide bonds. The van der Waals surface area contributed by atoms with Gasteiger partial charge in [-0.2, -0.15) is 0 Å². The number of carbonyl (C=O) groups is 1. The first-order valence-corrected chi connectivity index (χ1v) is 8.63. The van der Waals surface area contributed by atoms with Gasteiger partial charge in [-0.1, -0.05) is 6.92 Å². The molecule has 0 radical (unpaired) electrons. The Kier molecular flexibility index (Phi) is 5.41. The summed E-state index contributed by atoms with van der Waals surface area (Å²) in [6.45, 7) is 1.19. The maximum Gasteiger partial charge on any atom is 0.253 e. The summed E-state index contributed by atoms with van der Waals surface area (Å²) in [5.41, 5.74) is 0.732. The highest BCUT2D eigenvalue weighted by molar-refractivity contribution is 7.91. The van der Waals surface area contributed by atoms with E-state index in [0.29, 0.717) is 11.3 Å². The summed E-state index contributed by atoms with van der Waals surface area (Å²) in [4.78, 5) is 20.1. The van der Waals surface area contributed by atoms with Crippen LogP contribution < -0.4 is 5.32 Å². The van der Waals surface area contributed by atoms with Crippen LogP contribution >= 0.6 is 0 Å². The fourth-order valence-corrected chi connectivity index (χ4v) is 2.72. The number of carbonyl (C=O) groups excluding carboxylic acids is 1. The molecule has 0 aliphatic carbocycles. The SMILES string of the molecule is CCS(=O)(=O)c1ccc([C@H](CO)NC(=O)c2cccnc2)nc1. The second-order valence-corrected chi connectivity index (χ2v) is 7.05. The van der Waals surface area contributed by atoms with Gasteiger partial charge in [-0.25, -0.2) is 8.42 Å². The number of hydrogen-bond donors (Lipinski definition) is 2. The van der Waals surface area contributed by atoms with Crippen molar-refractivity contribution in [3.8, 4) is 0 Å². The molecule has 0 aromatic carbocycles. The second kappa shape index (κ2) is 7.30. The summed E-state index contributed by atoms with van der Waals surface area (Å²) >= 11 is 0. The summed E-state index contributed by atoms with van der Waals surface area (Å²) in [6, 6.07) is 5.39. The molecule has 2 heterocycles. The quantitative estimate of drug-likeness (QED) is 0.805. The van der Waals surface area contributed by atoms with E-state index < -0.39 is 21.8 Å². The number of pyridine rings is 2. The number of aliphatic hydroxyl groups excluding tert-OH is 1. The molecule has 2 N–H and O–H groups in total. The van der Waals surface area contributed by atoms with Crippen LogP contribution in [0.4, 0.5) is 0 Å². The van der Waals surface area contributed by atoms with Crippen molar-refractivity contribution < 1.29 is 18.3 Å². The fraction of sp³-hybridized carbons (Fsp3) is 0.267. The van der Waals surface area contributed by atoms with Crippen molar-refractivity contribution >= 4 is 15.7 Å². The molecule has 0 saturated carbocycles. The van der Waals surface area contributed by atoms with Gasteiger partial charge in [0.1, 0.15) is 0 Å². The minimum absolute atomic E-state index is 0.0187. The largest absolute Gasteiger partial charge is 0.394 e. The van der Waals surface area contributed by atoms with Crippen LogP contribution in [-0.2, 0) is 9.84 Å². The van der Waals surface area contributed by atoms with E-state index >= 15 is 0 Å². The van der Waals surface area contributed by atoms with Gasteiger partial charge >= 0.3 is 0 Å². The van der Waals surface area contributed by atoms with Crippen molar-refractivity contribution in [1.82, 2.24) is 15.3 Å². The average molecular weight is 335 g/mol. The molecule has 122 valence electrons. The number of amides is 1. The van der Waals surface area contributed by atoms with Crippen LogP contribution in [0.1, 0.15) is 29.0 Å². The van der Waals surface area contributed by atoms with E-state index in [2.05, 4.69) is 15.3 Å². The number of rotatable bonds is 6. The molecule has 0 aliphatic heterocycles. The predicted molar refractivity (Wildman–Crippen MR) is 83.5 cm³/mol. The van der Waals surface area contributed by atoms with Gasteiger partial charge in [0.15, 0.2) is 9.84 Å². The van der Waals surface area contributed by atoms with Crippen molar-refractivity contribution in [1.29, 1.82) is 0 Å². The lowest BCUT2D eigenvalue weighted by atomic mass is 10.2. The van der Waals surface area contributed by atoms with Crippen LogP contribution in [-0.4, -0.2) is 41.8 Å². The Labute approximate surface area is 134 Å². The number of sulfone groups is 1. The van der Waals surface area contributed by atoms with Crippen molar-refractivity contribution in [2.24, 2.45) is 0 Å². The minimum atomic E-state index is -3.33. The fourth-order valence-electron chi connectivity index (χ4n) is 1.90. The zero-order valence-corrected chi connectivity index (χ0v) is 13.3. The van der Waals surface area contributed by atoms with Gasteiger partial charge in [0, 0.05) is 18.6 Å². The normalized spacial score (nSPS) is 12.6. The van der Waals surface area contributed by atoms with Crippen LogP contribution in [0.2, 0.25) is 0 Å². The molecule has 2 aromatic heterocycles. The number of hydrogen-bond acceptors (Lipinski definition) is 6. The number of aromatic nitrogens is 2. The Morgan fingerprint density at radius 1 is 1.30 bits per heavy atom. The van der Waals surface area contributed by atoms with E-state index in [4.69, 9.17) is 0 Å². The molecule has 0 unspecified atom stereocenters. The highest BCUT2D eigenvalue weighted by atomic mass is 32.2. The minimum Gasteiger partial charge on any atom is -0.394 e. The molecule has 2 aromatic rings. The molecule has 0 fully saturated rings. The smallest absolute Gasteiger partial charge is 0.253 e. The van der Waals surface area contributed by atoms with Gasteiger partial charge in [0.2, 0.25) is 0 Å². The molecule has 0 bridgehead atoms. The molecule has 0 saturated heterocycles. The topological polar surface area (TPSA) is 109 Å². The zero-order chi connectivity index (χ0) is 16.9. The maximum atomic E-state index is 12.1. The van der Waals surface area contributed by atoms with E-state index in [9.17, 15) is 18.3 Å². The Bertz CT molecular complexity index is 761. The van der Waals surface area contributed by atoms with Gasteiger partial charge in [-0.05, 0) is 24.3 Å². The third-order valence-corrected chi connectivity index (χ3v) is 4.99. The summed E-state index contributed by atoms with van der Waals surface area (Å²) in [7, 11) is -3.33. The highest BCUT2D eigenvalue weighted by Crippen LogP contribution is 2.15. The Morgan fingerprint density at radius 2 is 2.09 bits per heavy atom. The summed E-state index contributed by atoms with van der Waals surface area (Å²) < 4.78 is 23.5. The Morgan fingerprint density at radius 3 is 2.61 bits per heavy atom. The number of nitrogens with one attached hydrogen (secondary N) is 1. The van der Waals surface area contributed by atoms with E-state index in [1.54, 1.807) is 25.3 Å². The lowest BCUT2D eigenvalue weighted by Crippen LogP contribution is -2.31. The second-order valence-electron chi connectivity index (χ2n) is 4.77. The van der Waals surface area contributed by atoms with Gasteiger partial charge < -0.3 is 10.4 Å². The molecule has 8 heteroatoms. The van der Waals surface area contributed by atoms with Gasteiger partial charge in [0.25, 0.3) is 5.91 Å². The van der Waals surface area contributed by atoms with Gasteiger partial charge in [-0.3, -0.25) is 14.8 Å². The van der Waals surface area contributed by atoms with Crippen molar-refractivity contribution in [2.75, 3.05) is 12.4 Å². The van der Waals surface area contributed by atoms with E-state index in [1.807, 2.05) is 0 Å². The van der Waals surface area contributed by atoms with Crippen molar-refractivity contribution in [3.63, 3.8) is 0 Å². The van der Waals surface area contributed by atoms with Crippen molar-refractivity contribution in [3.05, 3.63) is 54.1 Å². The molecule has 2 rings (SSSR count). The molecular weight excluding hydrogens is 318 g/mol. The standard InChI is InChI=1S/C15H17N3O4S/c1-2-23(21,22)12-5-6-13(17-9-12)14(10-19)18-15(20)11-4-3-7-16-8-11/h3-9,14,19H,2,10H2,1H3,(H,18,20)/t14-/m0/s1.